The number of imidazole rings is 1. The van der Waals surface area contributed by atoms with Gasteiger partial charge in [0.1, 0.15) is 5.69 Å². The number of nitrogens with two attached hydrogens (primary N) is 1. The van der Waals surface area contributed by atoms with Gasteiger partial charge in [0.25, 0.3) is 5.91 Å². The van der Waals surface area contributed by atoms with Crippen LogP contribution >= 0.6 is 11.3 Å². The van der Waals surface area contributed by atoms with Gasteiger partial charge >= 0.3 is 0 Å². The standard InChI is InChI=1S/C14H12N4O2S/c1-8-7-21-14-17-11(6-18(8)14)13(20)16-10-4-2-9(3-5-10)12(15)19/h2-7H,1H3,(H2,15,19)(H,16,20). The fraction of sp³-hybridized carbons (Fsp3) is 0.0714. The van der Waals surface area contributed by atoms with E-state index in [1.807, 2.05) is 16.7 Å². The highest BCUT2D eigenvalue weighted by Crippen LogP contribution is 2.17. The van der Waals surface area contributed by atoms with Gasteiger partial charge in [-0.3, -0.25) is 14.0 Å². The molecule has 3 N–H and O–H groups in total. The molecule has 6 nitrogen and oxygen atoms in total. The quantitative estimate of drug-likeness (QED) is 0.775. The number of primary amides is 1. The van der Waals surface area contributed by atoms with E-state index in [0.717, 1.165) is 10.7 Å². The Morgan fingerprint density at radius 1 is 1.29 bits per heavy atom. The zero-order valence-corrected chi connectivity index (χ0v) is 12.0. The topological polar surface area (TPSA) is 89.5 Å². The molecule has 0 saturated carbocycles. The lowest BCUT2D eigenvalue weighted by molar-refractivity contribution is 0.0998. The average Bonchev–Trinajstić information content (AvgIpc) is 3.02. The van der Waals surface area contributed by atoms with Crippen LogP contribution in [0.4, 0.5) is 5.69 Å². The van der Waals surface area contributed by atoms with E-state index < -0.39 is 5.91 Å². The van der Waals surface area contributed by atoms with E-state index in [9.17, 15) is 9.59 Å². The van der Waals surface area contributed by atoms with Crippen molar-refractivity contribution in [2.75, 3.05) is 5.32 Å². The van der Waals surface area contributed by atoms with Crippen LogP contribution < -0.4 is 11.1 Å². The van der Waals surface area contributed by atoms with Crippen molar-refractivity contribution < 1.29 is 9.59 Å². The smallest absolute Gasteiger partial charge is 0.275 e. The third-order valence-electron chi connectivity index (χ3n) is 3.05. The SMILES string of the molecule is Cc1csc2nc(C(=O)Nc3ccc(C(N)=O)cc3)cn12. The first-order valence-electron chi connectivity index (χ1n) is 6.19. The molecule has 3 aromatic rings. The second-order valence-electron chi connectivity index (χ2n) is 4.55. The molecule has 0 saturated heterocycles. The number of aromatic nitrogens is 2. The lowest BCUT2D eigenvalue weighted by Crippen LogP contribution is -2.13. The van der Waals surface area contributed by atoms with Crippen molar-refractivity contribution in [3.05, 3.63) is 52.8 Å². The van der Waals surface area contributed by atoms with Gasteiger partial charge in [-0.15, -0.1) is 11.3 Å². The highest BCUT2D eigenvalue weighted by Gasteiger charge is 2.13. The number of benzene rings is 1. The van der Waals surface area contributed by atoms with Gasteiger partial charge in [-0.05, 0) is 31.2 Å². The molecule has 3 rings (SSSR count). The van der Waals surface area contributed by atoms with E-state index in [4.69, 9.17) is 5.73 Å². The predicted molar refractivity (Wildman–Crippen MR) is 80.7 cm³/mol. The Labute approximate surface area is 124 Å². The highest BCUT2D eigenvalue weighted by atomic mass is 32.1. The van der Waals surface area contributed by atoms with Crippen molar-refractivity contribution in [2.45, 2.75) is 6.92 Å². The molecule has 1 aromatic carbocycles. The third kappa shape index (κ3) is 2.50. The summed E-state index contributed by atoms with van der Waals surface area (Å²) in [5.74, 6) is -0.796. The van der Waals surface area contributed by atoms with Crippen LogP contribution in [0.2, 0.25) is 0 Å². The first-order valence-corrected chi connectivity index (χ1v) is 7.07. The van der Waals surface area contributed by atoms with E-state index in [0.29, 0.717) is 16.9 Å². The lowest BCUT2D eigenvalue weighted by atomic mass is 10.2. The molecular formula is C14H12N4O2S. The molecule has 0 fully saturated rings. The maximum atomic E-state index is 12.1. The molecule has 0 spiro atoms. The Hall–Kier alpha value is -2.67. The maximum absolute atomic E-state index is 12.1. The van der Waals surface area contributed by atoms with Gasteiger partial charge < -0.3 is 11.1 Å². The number of thiazole rings is 1. The molecule has 0 aliphatic heterocycles. The van der Waals surface area contributed by atoms with Crippen LogP contribution in [0.3, 0.4) is 0 Å². The number of carbonyl (C=O) groups is 2. The summed E-state index contributed by atoms with van der Waals surface area (Å²) in [6.45, 7) is 1.95. The fourth-order valence-electron chi connectivity index (χ4n) is 1.92. The maximum Gasteiger partial charge on any atom is 0.275 e. The summed E-state index contributed by atoms with van der Waals surface area (Å²) < 4.78 is 1.87. The number of nitrogens with zero attached hydrogens (tertiary/aromatic N) is 2. The zero-order valence-electron chi connectivity index (χ0n) is 11.2. The summed E-state index contributed by atoms with van der Waals surface area (Å²) in [5, 5.41) is 4.71. The molecule has 106 valence electrons. The Balaban J connectivity index is 1.80. The number of hydrogen-bond acceptors (Lipinski definition) is 4. The largest absolute Gasteiger partial charge is 0.366 e. The van der Waals surface area contributed by atoms with E-state index in [1.165, 1.54) is 11.3 Å². The van der Waals surface area contributed by atoms with Crippen molar-refractivity contribution >= 4 is 33.8 Å². The Morgan fingerprint density at radius 2 is 2.00 bits per heavy atom. The van der Waals surface area contributed by atoms with Crippen molar-refractivity contribution in [3.8, 4) is 0 Å². The Kier molecular flexibility index (Phi) is 3.19. The van der Waals surface area contributed by atoms with Crippen LogP contribution in [0.1, 0.15) is 26.5 Å². The first-order chi connectivity index (χ1) is 10.0. The van der Waals surface area contributed by atoms with Gasteiger partial charge in [-0.25, -0.2) is 4.98 Å². The molecule has 2 heterocycles. The lowest BCUT2D eigenvalue weighted by Gasteiger charge is -2.03. The zero-order chi connectivity index (χ0) is 15.0. The van der Waals surface area contributed by atoms with Crippen LogP contribution in [-0.2, 0) is 0 Å². The van der Waals surface area contributed by atoms with E-state index >= 15 is 0 Å². The third-order valence-corrected chi connectivity index (χ3v) is 4.01. The number of carbonyl (C=O) groups excluding carboxylic acids is 2. The molecule has 0 unspecified atom stereocenters. The molecule has 0 bridgehead atoms. The van der Waals surface area contributed by atoms with Crippen LogP contribution in [0.25, 0.3) is 4.96 Å². The summed E-state index contributed by atoms with van der Waals surface area (Å²) in [4.78, 5) is 28.2. The molecule has 0 aliphatic carbocycles. The molecule has 2 aromatic heterocycles. The summed E-state index contributed by atoms with van der Waals surface area (Å²) in [6.07, 6.45) is 1.70. The average molecular weight is 300 g/mol. The van der Waals surface area contributed by atoms with Gasteiger partial charge in [0.2, 0.25) is 5.91 Å². The van der Waals surface area contributed by atoms with E-state index in [-0.39, 0.29) is 5.91 Å². The van der Waals surface area contributed by atoms with Gasteiger partial charge in [0.15, 0.2) is 4.96 Å². The predicted octanol–water partition coefficient (Wildman–Crippen LogP) is 2.06. The summed E-state index contributed by atoms with van der Waals surface area (Å²) in [7, 11) is 0. The molecule has 0 atom stereocenters. The van der Waals surface area contributed by atoms with Crippen LogP contribution in [0.15, 0.2) is 35.8 Å². The van der Waals surface area contributed by atoms with Crippen molar-refractivity contribution in [1.82, 2.24) is 9.38 Å². The van der Waals surface area contributed by atoms with Crippen LogP contribution in [-0.4, -0.2) is 21.2 Å². The second kappa shape index (κ2) is 5.02. The molecular weight excluding hydrogens is 288 g/mol. The van der Waals surface area contributed by atoms with Crippen LogP contribution in [0.5, 0.6) is 0 Å². The Morgan fingerprint density at radius 3 is 2.62 bits per heavy atom. The van der Waals surface area contributed by atoms with Crippen molar-refractivity contribution in [1.29, 1.82) is 0 Å². The number of rotatable bonds is 3. The molecule has 7 heteroatoms. The molecule has 0 aliphatic rings. The van der Waals surface area contributed by atoms with Gasteiger partial charge in [0, 0.05) is 28.5 Å². The molecule has 21 heavy (non-hydrogen) atoms. The second-order valence-corrected chi connectivity index (χ2v) is 5.39. The number of nitrogens with one attached hydrogen (secondary N) is 1. The van der Waals surface area contributed by atoms with E-state index in [2.05, 4.69) is 10.3 Å². The fourth-order valence-corrected chi connectivity index (χ4v) is 2.77. The Bertz CT molecular complexity index is 832. The summed E-state index contributed by atoms with van der Waals surface area (Å²) >= 11 is 1.48. The van der Waals surface area contributed by atoms with Gasteiger partial charge in [0.05, 0.1) is 0 Å². The highest BCUT2D eigenvalue weighted by molar-refractivity contribution is 7.15. The minimum atomic E-state index is -0.502. The van der Waals surface area contributed by atoms with Crippen molar-refractivity contribution in [3.63, 3.8) is 0 Å². The number of hydrogen-bond donors (Lipinski definition) is 2. The molecule has 0 radical (unpaired) electrons. The first kappa shape index (κ1) is 13.3. The minimum Gasteiger partial charge on any atom is -0.366 e. The van der Waals surface area contributed by atoms with Gasteiger partial charge in [-0.2, -0.15) is 0 Å². The summed E-state index contributed by atoms with van der Waals surface area (Å²) in [5.41, 5.74) is 7.53. The number of fused-ring (bicyclic) bond motifs is 1. The van der Waals surface area contributed by atoms with Crippen molar-refractivity contribution in [2.24, 2.45) is 5.73 Å². The summed E-state index contributed by atoms with van der Waals surface area (Å²) in [6, 6.07) is 6.38. The number of aryl methyl sites for hydroxylation is 1. The number of anilines is 1. The van der Waals surface area contributed by atoms with Crippen LogP contribution in [0, 0.1) is 6.92 Å². The number of amides is 2. The van der Waals surface area contributed by atoms with Gasteiger partial charge in [-0.1, -0.05) is 0 Å². The molecule has 2 amide bonds. The monoisotopic (exact) mass is 300 g/mol. The normalized spacial score (nSPS) is 10.7. The minimum absolute atomic E-state index is 0.294. The van der Waals surface area contributed by atoms with E-state index in [1.54, 1.807) is 30.5 Å².